The Hall–Kier alpha value is -0.410. The van der Waals surface area contributed by atoms with Gasteiger partial charge in [0.05, 0.1) is 0 Å². The van der Waals surface area contributed by atoms with Crippen LogP contribution < -0.4 is 5.90 Å². The predicted octanol–water partition coefficient (Wildman–Crippen LogP) is -0.924. The van der Waals surface area contributed by atoms with Crippen molar-refractivity contribution in [2.24, 2.45) is 5.90 Å². The zero-order valence-corrected chi connectivity index (χ0v) is 2.68. The highest BCUT2D eigenvalue weighted by Crippen LogP contribution is 1.43. The molecule has 0 radical (unpaired) electrons. The van der Waals surface area contributed by atoms with Crippen LogP contribution in [0.5, 0.6) is 0 Å². The van der Waals surface area contributed by atoms with Gasteiger partial charge in [-0.25, -0.2) is 5.90 Å². The maximum atomic E-state index is 9.20. The van der Waals surface area contributed by atoms with Crippen molar-refractivity contribution in [1.82, 2.24) is 0 Å². The summed E-state index contributed by atoms with van der Waals surface area (Å²) in [6.45, 7) is -0.0139. The van der Waals surface area contributed by atoms with Crippen LogP contribution >= 0.6 is 0 Å². The largest absolute Gasteiger partial charge is 0.301 e. The van der Waals surface area contributed by atoms with Gasteiger partial charge in [0.15, 0.2) is 0 Å². The molecule has 0 unspecified atom stereocenters. The van der Waals surface area contributed by atoms with Crippen molar-refractivity contribution in [3.63, 3.8) is 0 Å². The first-order valence-corrected chi connectivity index (χ1v) is 1.17. The van der Waals surface area contributed by atoms with Crippen LogP contribution in [0.3, 0.4) is 0 Å². The van der Waals surface area contributed by atoms with Crippen LogP contribution in [0, 0.1) is 0 Å². The Morgan fingerprint density at radius 2 is 2.60 bits per heavy atom. The molecule has 0 aliphatic rings. The third kappa shape index (κ3) is 3.59. The molecule has 0 amide bonds. The summed E-state index contributed by atoms with van der Waals surface area (Å²) >= 11 is 0. The van der Waals surface area contributed by atoms with Gasteiger partial charge in [-0.2, -0.15) is 0 Å². The smallest absolute Gasteiger partial charge is 0.147 e. The molecule has 3 heteroatoms. The molecule has 3 nitrogen and oxygen atoms in total. The Balaban J connectivity index is 2.40. The first-order valence-electron chi connectivity index (χ1n) is 1.17. The molecule has 0 rings (SSSR count). The monoisotopic (exact) mass is 75.0 g/mol. The van der Waals surface area contributed by atoms with E-state index in [9.17, 15) is 4.79 Å². The molecular weight excluding hydrogens is 70.0 g/mol. The second kappa shape index (κ2) is 3.59. The Morgan fingerprint density at radius 1 is 2.00 bits per heavy atom. The Labute approximate surface area is 29.7 Å². The Bertz CT molecular complexity index is 28.8. The van der Waals surface area contributed by atoms with Gasteiger partial charge in [0, 0.05) is 0 Å². The van der Waals surface area contributed by atoms with Gasteiger partial charge in [-0.1, -0.05) is 0 Å². The highest BCUT2D eigenvalue weighted by atomic mass is 16.6. The highest BCUT2D eigenvalue weighted by Gasteiger charge is 1.64. The minimum atomic E-state index is -0.0139. The number of hydrogen-bond acceptors (Lipinski definition) is 3. The van der Waals surface area contributed by atoms with Gasteiger partial charge in [0.2, 0.25) is 0 Å². The topological polar surface area (TPSA) is 52.3 Å². The van der Waals surface area contributed by atoms with E-state index >= 15 is 0 Å². The van der Waals surface area contributed by atoms with E-state index in [1.54, 1.807) is 0 Å². The molecule has 0 spiro atoms. The van der Waals surface area contributed by atoms with Crippen molar-refractivity contribution < 1.29 is 9.63 Å². The lowest BCUT2D eigenvalue weighted by Gasteiger charge is -1.75. The minimum absolute atomic E-state index is 0.0139. The molecule has 0 aliphatic heterocycles. The lowest BCUT2D eigenvalue weighted by atomic mass is 10.9. The predicted molar refractivity (Wildman–Crippen MR) is 16.2 cm³/mol. The van der Waals surface area contributed by atoms with E-state index < -0.39 is 0 Å². The molecule has 5 heavy (non-hydrogen) atoms. The number of aldehydes is 1. The summed E-state index contributed by atoms with van der Waals surface area (Å²) in [4.78, 5) is 13.0. The van der Waals surface area contributed by atoms with Crippen LogP contribution in [0.1, 0.15) is 0 Å². The SMILES string of the molecule is NOCC=O. The van der Waals surface area contributed by atoms with Gasteiger partial charge in [0.1, 0.15) is 12.9 Å². The number of carbonyl (C=O) groups excluding carboxylic acids is 1. The van der Waals surface area contributed by atoms with Crippen LogP contribution in [-0.2, 0) is 9.63 Å². The zero-order chi connectivity index (χ0) is 4.12. The van der Waals surface area contributed by atoms with E-state index in [4.69, 9.17) is 0 Å². The third-order valence-corrected chi connectivity index (χ3v) is 0.164. The molecule has 0 bridgehead atoms. The molecule has 0 heterocycles. The maximum absolute atomic E-state index is 9.20. The van der Waals surface area contributed by atoms with Crippen LogP contribution in [0.4, 0.5) is 0 Å². The lowest BCUT2D eigenvalue weighted by Crippen LogP contribution is -2.00. The van der Waals surface area contributed by atoms with Crippen LogP contribution in [0.25, 0.3) is 0 Å². The van der Waals surface area contributed by atoms with Gasteiger partial charge in [-0.15, -0.1) is 0 Å². The van der Waals surface area contributed by atoms with E-state index in [0.29, 0.717) is 6.29 Å². The normalized spacial score (nSPS) is 7.40. The third-order valence-electron chi connectivity index (χ3n) is 0.164. The number of hydrogen-bond donors (Lipinski definition) is 1. The molecule has 0 aromatic carbocycles. The molecule has 2 N–H and O–H groups in total. The van der Waals surface area contributed by atoms with Crippen LogP contribution in [0.15, 0.2) is 0 Å². The van der Waals surface area contributed by atoms with Gasteiger partial charge in [-0.05, 0) is 0 Å². The maximum Gasteiger partial charge on any atom is 0.147 e. The summed E-state index contributed by atoms with van der Waals surface area (Å²) in [5.74, 6) is 4.41. The van der Waals surface area contributed by atoms with Crippen molar-refractivity contribution in [3.05, 3.63) is 0 Å². The average molecular weight is 75.1 g/mol. The molecule has 0 aromatic rings. The first-order chi connectivity index (χ1) is 2.41. The highest BCUT2D eigenvalue weighted by molar-refractivity contribution is 5.50. The summed E-state index contributed by atoms with van der Waals surface area (Å²) in [5.41, 5.74) is 0. The van der Waals surface area contributed by atoms with Gasteiger partial charge in [-0.3, -0.25) is 4.84 Å². The fraction of sp³-hybridized carbons (Fsp3) is 0.500. The molecule has 0 aliphatic carbocycles. The van der Waals surface area contributed by atoms with Crippen LogP contribution in [0.2, 0.25) is 0 Å². The van der Waals surface area contributed by atoms with E-state index in [-0.39, 0.29) is 6.61 Å². The second-order valence-electron chi connectivity index (χ2n) is 0.500. The molecule has 0 saturated carbocycles. The van der Waals surface area contributed by atoms with Crippen molar-refractivity contribution in [1.29, 1.82) is 0 Å². The standard InChI is InChI=1S/C2H5NO2/c3-5-2-1-4/h1H,2-3H2. The molecule has 30 valence electrons. The van der Waals surface area contributed by atoms with E-state index in [2.05, 4.69) is 10.7 Å². The molecular formula is C2H5NO2. The fourth-order valence-corrected chi connectivity index (χ4v) is 0.0393. The molecule has 0 fully saturated rings. The van der Waals surface area contributed by atoms with E-state index in [1.165, 1.54) is 0 Å². The Kier molecular flexibility index (Phi) is 3.30. The second-order valence-corrected chi connectivity index (χ2v) is 0.500. The lowest BCUT2D eigenvalue weighted by molar-refractivity contribution is -0.111. The van der Waals surface area contributed by atoms with Crippen molar-refractivity contribution >= 4 is 6.29 Å². The summed E-state index contributed by atoms with van der Waals surface area (Å²) < 4.78 is 0. The Morgan fingerprint density at radius 3 is 2.60 bits per heavy atom. The van der Waals surface area contributed by atoms with Crippen molar-refractivity contribution in [2.75, 3.05) is 6.61 Å². The molecule has 0 aromatic heterocycles. The quantitative estimate of drug-likeness (QED) is 0.341. The van der Waals surface area contributed by atoms with E-state index in [0.717, 1.165) is 0 Å². The number of rotatable bonds is 2. The van der Waals surface area contributed by atoms with Gasteiger partial charge < -0.3 is 4.79 Å². The van der Waals surface area contributed by atoms with Crippen molar-refractivity contribution in [3.8, 4) is 0 Å². The molecule has 0 saturated heterocycles. The average Bonchev–Trinajstić information content (AvgIpc) is 1.41. The number of nitrogens with two attached hydrogens (primary N) is 1. The van der Waals surface area contributed by atoms with Gasteiger partial charge >= 0.3 is 0 Å². The minimum Gasteiger partial charge on any atom is -0.301 e. The summed E-state index contributed by atoms with van der Waals surface area (Å²) in [5, 5.41) is 0. The van der Waals surface area contributed by atoms with Crippen LogP contribution in [-0.4, -0.2) is 12.9 Å². The van der Waals surface area contributed by atoms with Gasteiger partial charge in [0.25, 0.3) is 0 Å². The zero-order valence-electron chi connectivity index (χ0n) is 2.68. The summed E-state index contributed by atoms with van der Waals surface area (Å²) in [6.07, 6.45) is 0.583. The number of carbonyl (C=O) groups is 1. The fourth-order valence-electron chi connectivity index (χ4n) is 0.0393. The summed E-state index contributed by atoms with van der Waals surface area (Å²) in [6, 6.07) is 0. The van der Waals surface area contributed by atoms with Crippen molar-refractivity contribution in [2.45, 2.75) is 0 Å². The summed E-state index contributed by atoms with van der Waals surface area (Å²) in [7, 11) is 0. The molecule has 0 atom stereocenters. The van der Waals surface area contributed by atoms with E-state index in [1.807, 2.05) is 0 Å². The first kappa shape index (κ1) is 4.59.